The standard InChI is InChI=1S/C24H26N2O4S/c1-4-30-21-12-9-11-20(16-21)25-24(27)17-26(23-15-8-10-18(2)19(23)3)31(28,29)22-13-6-5-7-14-22/h5-16H,4,17H2,1-3H3,(H,25,27). The second-order valence-electron chi connectivity index (χ2n) is 7.05. The molecule has 3 aromatic carbocycles. The van der Waals surface area contributed by atoms with Crippen LogP contribution in [0.4, 0.5) is 11.4 Å². The van der Waals surface area contributed by atoms with Gasteiger partial charge < -0.3 is 10.1 Å². The van der Waals surface area contributed by atoms with Crippen molar-refractivity contribution in [1.82, 2.24) is 0 Å². The molecule has 0 atom stereocenters. The van der Waals surface area contributed by atoms with Gasteiger partial charge in [0.25, 0.3) is 10.0 Å². The van der Waals surface area contributed by atoms with Gasteiger partial charge in [-0.1, -0.05) is 36.4 Å². The Kier molecular flexibility index (Phi) is 6.97. The fourth-order valence-electron chi connectivity index (χ4n) is 3.19. The summed E-state index contributed by atoms with van der Waals surface area (Å²) in [7, 11) is -3.95. The van der Waals surface area contributed by atoms with E-state index >= 15 is 0 Å². The summed E-state index contributed by atoms with van der Waals surface area (Å²) in [6, 6.07) is 20.5. The number of hydrogen-bond donors (Lipinski definition) is 1. The van der Waals surface area contributed by atoms with Crippen LogP contribution in [0.1, 0.15) is 18.1 Å². The predicted octanol–water partition coefficient (Wildman–Crippen LogP) is 4.54. The van der Waals surface area contributed by atoms with Crippen LogP contribution in [0.15, 0.2) is 77.7 Å². The first-order valence-electron chi connectivity index (χ1n) is 9.99. The van der Waals surface area contributed by atoms with Crippen molar-refractivity contribution < 1.29 is 17.9 Å². The maximum atomic E-state index is 13.4. The maximum absolute atomic E-state index is 13.4. The molecule has 31 heavy (non-hydrogen) atoms. The van der Waals surface area contributed by atoms with Gasteiger partial charge in [0.15, 0.2) is 0 Å². The molecule has 162 valence electrons. The summed E-state index contributed by atoms with van der Waals surface area (Å²) in [5, 5.41) is 2.77. The van der Waals surface area contributed by atoms with Gasteiger partial charge in [0.1, 0.15) is 12.3 Å². The average Bonchev–Trinajstić information content (AvgIpc) is 2.75. The third kappa shape index (κ3) is 5.24. The smallest absolute Gasteiger partial charge is 0.264 e. The number of benzene rings is 3. The Morgan fingerprint density at radius 1 is 0.968 bits per heavy atom. The zero-order chi connectivity index (χ0) is 22.4. The number of hydrogen-bond acceptors (Lipinski definition) is 4. The molecule has 7 heteroatoms. The van der Waals surface area contributed by atoms with E-state index in [1.807, 2.05) is 26.8 Å². The van der Waals surface area contributed by atoms with Crippen LogP contribution in [0.2, 0.25) is 0 Å². The predicted molar refractivity (Wildman–Crippen MR) is 123 cm³/mol. The molecule has 0 spiro atoms. The number of carbonyl (C=O) groups is 1. The Balaban J connectivity index is 1.95. The van der Waals surface area contributed by atoms with Crippen molar-refractivity contribution in [2.45, 2.75) is 25.7 Å². The van der Waals surface area contributed by atoms with Crippen molar-refractivity contribution in [3.63, 3.8) is 0 Å². The highest BCUT2D eigenvalue weighted by Gasteiger charge is 2.28. The lowest BCUT2D eigenvalue weighted by atomic mass is 10.1. The minimum atomic E-state index is -3.95. The number of carbonyl (C=O) groups excluding carboxylic acids is 1. The molecule has 6 nitrogen and oxygen atoms in total. The van der Waals surface area contributed by atoms with Gasteiger partial charge in [-0.3, -0.25) is 9.10 Å². The van der Waals surface area contributed by atoms with E-state index in [9.17, 15) is 13.2 Å². The number of rotatable bonds is 8. The molecular formula is C24H26N2O4S. The van der Waals surface area contributed by atoms with Crippen LogP contribution in [-0.2, 0) is 14.8 Å². The molecule has 0 heterocycles. The first-order chi connectivity index (χ1) is 14.8. The monoisotopic (exact) mass is 438 g/mol. The Morgan fingerprint density at radius 2 is 1.68 bits per heavy atom. The van der Waals surface area contributed by atoms with Crippen molar-refractivity contribution in [3.05, 3.63) is 83.9 Å². The van der Waals surface area contributed by atoms with Crippen molar-refractivity contribution in [2.75, 3.05) is 22.8 Å². The molecule has 0 aliphatic heterocycles. The fraction of sp³-hybridized carbons (Fsp3) is 0.208. The minimum Gasteiger partial charge on any atom is -0.494 e. The summed E-state index contributed by atoms with van der Waals surface area (Å²) in [5.74, 6) is 0.178. The van der Waals surface area contributed by atoms with Gasteiger partial charge in [0.05, 0.1) is 17.2 Å². The number of anilines is 2. The molecule has 3 aromatic rings. The highest BCUT2D eigenvalue weighted by atomic mass is 32.2. The van der Waals surface area contributed by atoms with Gasteiger partial charge in [-0.2, -0.15) is 0 Å². The SMILES string of the molecule is CCOc1cccc(NC(=O)CN(c2cccc(C)c2C)S(=O)(=O)c2ccccc2)c1. The number of nitrogens with one attached hydrogen (secondary N) is 1. The summed E-state index contributed by atoms with van der Waals surface area (Å²) in [4.78, 5) is 13.0. The summed E-state index contributed by atoms with van der Waals surface area (Å²) in [5.41, 5.74) is 2.75. The van der Waals surface area contributed by atoms with Gasteiger partial charge in [-0.15, -0.1) is 0 Å². The summed E-state index contributed by atoms with van der Waals surface area (Å²) < 4.78 is 33.5. The van der Waals surface area contributed by atoms with Gasteiger partial charge >= 0.3 is 0 Å². The lowest BCUT2D eigenvalue weighted by Gasteiger charge is -2.26. The largest absolute Gasteiger partial charge is 0.494 e. The minimum absolute atomic E-state index is 0.127. The third-order valence-corrected chi connectivity index (χ3v) is 6.67. The number of aryl methyl sites for hydroxylation is 1. The molecule has 0 saturated carbocycles. The molecule has 0 aliphatic carbocycles. The second kappa shape index (κ2) is 9.66. The lowest BCUT2D eigenvalue weighted by molar-refractivity contribution is -0.114. The van der Waals surface area contributed by atoms with Gasteiger partial charge in [0.2, 0.25) is 5.91 Å². The molecule has 1 N–H and O–H groups in total. The Bertz CT molecular complexity index is 1160. The molecule has 0 bridgehead atoms. The maximum Gasteiger partial charge on any atom is 0.264 e. The van der Waals surface area contributed by atoms with E-state index in [4.69, 9.17) is 4.74 Å². The van der Waals surface area contributed by atoms with Crippen LogP contribution in [-0.4, -0.2) is 27.5 Å². The topological polar surface area (TPSA) is 75.7 Å². The molecule has 0 unspecified atom stereocenters. The quantitative estimate of drug-likeness (QED) is 0.560. The fourth-order valence-corrected chi connectivity index (χ4v) is 4.69. The number of nitrogens with zero attached hydrogens (tertiary/aromatic N) is 1. The van der Waals surface area contributed by atoms with Crippen LogP contribution >= 0.6 is 0 Å². The summed E-state index contributed by atoms with van der Waals surface area (Å²) >= 11 is 0. The lowest BCUT2D eigenvalue weighted by Crippen LogP contribution is -2.38. The van der Waals surface area contributed by atoms with Gasteiger partial charge in [0, 0.05) is 11.8 Å². The van der Waals surface area contributed by atoms with E-state index in [1.54, 1.807) is 54.6 Å². The molecule has 0 aliphatic rings. The van der Waals surface area contributed by atoms with E-state index in [2.05, 4.69) is 5.32 Å². The highest BCUT2D eigenvalue weighted by molar-refractivity contribution is 7.92. The van der Waals surface area contributed by atoms with Crippen LogP contribution < -0.4 is 14.4 Å². The molecule has 0 saturated heterocycles. The zero-order valence-electron chi connectivity index (χ0n) is 17.8. The Morgan fingerprint density at radius 3 is 2.39 bits per heavy atom. The first kappa shape index (κ1) is 22.4. The third-order valence-electron chi connectivity index (χ3n) is 4.89. The molecule has 0 fully saturated rings. The van der Waals surface area contributed by atoms with Crippen LogP contribution in [0.25, 0.3) is 0 Å². The van der Waals surface area contributed by atoms with E-state index < -0.39 is 15.9 Å². The highest BCUT2D eigenvalue weighted by Crippen LogP contribution is 2.28. The summed E-state index contributed by atoms with van der Waals surface area (Å²) in [6.07, 6.45) is 0. The molecule has 1 amide bonds. The van der Waals surface area contributed by atoms with Crippen molar-refractivity contribution in [1.29, 1.82) is 0 Å². The average molecular weight is 439 g/mol. The van der Waals surface area contributed by atoms with Crippen LogP contribution in [0.3, 0.4) is 0 Å². The number of sulfonamides is 1. The van der Waals surface area contributed by atoms with Gasteiger partial charge in [-0.05, 0) is 62.2 Å². The number of ether oxygens (including phenoxy) is 1. The normalized spacial score (nSPS) is 11.1. The van der Waals surface area contributed by atoms with E-state index in [1.165, 1.54) is 12.1 Å². The number of amides is 1. The molecule has 0 aromatic heterocycles. The van der Waals surface area contributed by atoms with E-state index in [0.29, 0.717) is 23.7 Å². The molecule has 0 radical (unpaired) electrons. The molecular weight excluding hydrogens is 412 g/mol. The summed E-state index contributed by atoms with van der Waals surface area (Å²) in [6.45, 7) is 5.78. The first-order valence-corrected chi connectivity index (χ1v) is 11.4. The Hall–Kier alpha value is -3.32. The second-order valence-corrected chi connectivity index (χ2v) is 8.92. The van der Waals surface area contributed by atoms with E-state index in [0.717, 1.165) is 15.4 Å². The van der Waals surface area contributed by atoms with Crippen molar-refractivity contribution >= 4 is 27.3 Å². The van der Waals surface area contributed by atoms with E-state index in [-0.39, 0.29) is 11.4 Å². The van der Waals surface area contributed by atoms with Crippen LogP contribution in [0.5, 0.6) is 5.75 Å². The molecule has 3 rings (SSSR count). The van der Waals surface area contributed by atoms with Crippen molar-refractivity contribution in [3.8, 4) is 5.75 Å². The zero-order valence-corrected chi connectivity index (χ0v) is 18.6. The van der Waals surface area contributed by atoms with Crippen LogP contribution in [0, 0.1) is 13.8 Å². The van der Waals surface area contributed by atoms with Crippen molar-refractivity contribution in [2.24, 2.45) is 0 Å². The Labute approximate surface area is 183 Å². The van der Waals surface area contributed by atoms with Gasteiger partial charge in [-0.25, -0.2) is 8.42 Å².